The van der Waals surface area contributed by atoms with Crippen LogP contribution in [0.2, 0.25) is 0 Å². The molecule has 0 bridgehead atoms. The SMILES string of the molecule is Brc1cccc(CN=C2NC3CCCCC3CS2)c1. The van der Waals surface area contributed by atoms with Crippen LogP contribution in [0.25, 0.3) is 0 Å². The lowest BCUT2D eigenvalue weighted by Crippen LogP contribution is -2.46. The Morgan fingerprint density at radius 1 is 1.32 bits per heavy atom. The van der Waals surface area contributed by atoms with Gasteiger partial charge in [0.05, 0.1) is 6.54 Å². The fourth-order valence-electron chi connectivity index (χ4n) is 2.87. The van der Waals surface area contributed by atoms with Crippen LogP contribution in [0.4, 0.5) is 0 Å². The Hall–Kier alpha value is -0.480. The number of hydrogen-bond acceptors (Lipinski definition) is 2. The number of halogens is 1. The first-order chi connectivity index (χ1) is 9.31. The van der Waals surface area contributed by atoms with E-state index in [0.29, 0.717) is 6.04 Å². The predicted molar refractivity (Wildman–Crippen MR) is 86.6 cm³/mol. The first kappa shape index (κ1) is 13.5. The second kappa shape index (κ2) is 6.31. The Morgan fingerprint density at radius 3 is 3.11 bits per heavy atom. The standard InChI is InChI=1S/C15H19BrN2S/c16-13-6-3-4-11(8-13)9-17-15-18-14-7-2-1-5-12(14)10-19-15/h3-4,6,8,12,14H,1-2,5,7,9-10H2,(H,17,18). The van der Waals surface area contributed by atoms with Gasteiger partial charge in [-0.3, -0.25) is 4.99 Å². The highest BCUT2D eigenvalue weighted by Crippen LogP contribution is 2.31. The molecule has 4 heteroatoms. The van der Waals surface area contributed by atoms with Crippen molar-refractivity contribution in [2.75, 3.05) is 5.75 Å². The zero-order valence-corrected chi connectivity index (χ0v) is 13.3. The van der Waals surface area contributed by atoms with Crippen LogP contribution in [0.15, 0.2) is 33.7 Å². The molecule has 19 heavy (non-hydrogen) atoms. The molecule has 1 aromatic rings. The van der Waals surface area contributed by atoms with Gasteiger partial charge in [0.25, 0.3) is 0 Å². The Balaban J connectivity index is 1.61. The first-order valence-corrected chi connectivity index (χ1v) is 8.77. The molecule has 1 saturated heterocycles. The van der Waals surface area contributed by atoms with Crippen LogP contribution in [-0.4, -0.2) is 17.0 Å². The molecule has 1 aliphatic carbocycles. The molecular weight excluding hydrogens is 320 g/mol. The minimum atomic E-state index is 0.677. The largest absolute Gasteiger partial charge is 0.362 e. The third-order valence-corrected chi connectivity index (χ3v) is 5.55. The fourth-order valence-corrected chi connectivity index (χ4v) is 4.48. The van der Waals surface area contributed by atoms with E-state index in [0.717, 1.165) is 22.1 Å². The minimum Gasteiger partial charge on any atom is -0.362 e. The van der Waals surface area contributed by atoms with Crippen molar-refractivity contribution in [2.24, 2.45) is 10.9 Å². The molecule has 0 amide bonds. The quantitative estimate of drug-likeness (QED) is 0.873. The molecule has 2 unspecified atom stereocenters. The summed E-state index contributed by atoms with van der Waals surface area (Å²) in [5.41, 5.74) is 1.26. The van der Waals surface area contributed by atoms with Gasteiger partial charge < -0.3 is 5.32 Å². The highest BCUT2D eigenvalue weighted by atomic mass is 79.9. The number of thioether (sulfide) groups is 1. The topological polar surface area (TPSA) is 24.4 Å². The van der Waals surface area contributed by atoms with Crippen molar-refractivity contribution in [3.63, 3.8) is 0 Å². The van der Waals surface area contributed by atoms with E-state index in [4.69, 9.17) is 4.99 Å². The van der Waals surface area contributed by atoms with Gasteiger partial charge >= 0.3 is 0 Å². The summed E-state index contributed by atoms with van der Waals surface area (Å²) in [5, 5.41) is 4.78. The van der Waals surface area contributed by atoms with Gasteiger partial charge in [0.1, 0.15) is 0 Å². The predicted octanol–water partition coefficient (Wildman–Crippen LogP) is 4.20. The zero-order chi connectivity index (χ0) is 13.1. The number of amidine groups is 1. The number of rotatable bonds is 2. The van der Waals surface area contributed by atoms with Crippen molar-refractivity contribution in [3.8, 4) is 0 Å². The summed E-state index contributed by atoms with van der Waals surface area (Å²) in [6.45, 7) is 0.770. The van der Waals surface area contributed by atoms with E-state index in [1.165, 1.54) is 37.0 Å². The molecule has 1 saturated carbocycles. The van der Waals surface area contributed by atoms with Crippen molar-refractivity contribution < 1.29 is 0 Å². The van der Waals surface area contributed by atoms with E-state index < -0.39 is 0 Å². The average molecular weight is 339 g/mol. The van der Waals surface area contributed by atoms with E-state index in [2.05, 4.69) is 45.5 Å². The third kappa shape index (κ3) is 3.54. The van der Waals surface area contributed by atoms with Crippen LogP contribution in [0.1, 0.15) is 31.2 Å². The highest BCUT2D eigenvalue weighted by molar-refractivity contribution is 9.10. The van der Waals surface area contributed by atoms with Gasteiger partial charge in [-0.1, -0.05) is 52.7 Å². The van der Waals surface area contributed by atoms with Crippen LogP contribution >= 0.6 is 27.7 Å². The second-order valence-corrected chi connectivity index (χ2v) is 7.28. The summed E-state index contributed by atoms with van der Waals surface area (Å²) in [4.78, 5) is 4.73. The van der Waals surface area contributed by atoms with E-state index in [9.17, 15) is 0 Å². The number of nitrogens with one attached hydrogen (secondary N) is 1. The van der Waals surface area contributed by atoms with Crippen molar-refractivity contribution in [1.82, 2.24) is 5.32 Å². The minimum absolute atomic E-state index is 0.677. The maximum absolute atomic E-state index is 4.73. The average Bonchev–Trinajstić information content (AvgIpc) is 2.45. The highest BCUT2D eigenvalue weighted by Gasteiger charge is 2.29. The summed E-state index contributed by atoms with van der Waals surface area (Å²) in [6.07, 6.45) is 5.50. The smallest absolute Gasteiger partial charge is 0.157 e. The molecule has 0 radical (unpaired) electrons. The lowest BCUT2D eigenvalue weighted by molar-refractivity contribution is 0.311. The lowest BCUT2D eigenvalue weighted by atomic mass is 9.86. The number of hydrogen-bond donors (Lipinski definition) is 1. The van der Waals surface area contributed by atoms with Gasteiger partial charge in [-0.25, -0.2) is 0 Å². The Bertz CT molecular complexity index is 475. The first-order valence-electron chi connectivity index (χ1n) is 6.99. The molecule has 3 rings (SSSR count). The van der Waals surface area contributed by atoms with Crippen LogP contribution in [-0.2, 0) is 6.54 Å². The number of nitrogens with zero attached hydrogens (tertiary/aromatic N) is 1. The van der Waals surface area contributed by atoms with Crippen molar-refractivity contribution in [1.29, 1.82) is 0 Å². The van der Waals surface area contributed by atoms with Crippen LogP contribution in [0, 0.1) is 5.92 Å². The van der Waals surface area contributed by atoms with E-state index in [1.807, 2.05) is 11.8 Å². The van der Waals surface area contributed by atoms with Crippen molar-refractivity contribution in [2.45, 2.75) is 38.3 Å². The Kier molecular flexibility index (Phi) is 4.49. The molecule has 0 aromatic heterocycles. The molecule has 1 aromatic carbocycles. The molecule has 2 aliphatic rings. The molecule has 0 spiro atoms. The summed E-state index contributed by atoms with van der Waals surface area (Å²) < 4.78 is 1.13. The number of aliphatic imine (C=N–C) groups is 1. The monoisotopic (exact) mass is 338 g/mol. The van der Waals surface area contributed by atoms with Gasteiger partial charge in [-0.15, -0.1) is 0 Å². The summed E-state index contributed by atoms with van der Waals surface area (Å²) in [5.74, 6) is 2.11. The fraction of sp³-hybridized carbons (Fsp3) is 0.533. The van der Waals surface area contributed by atoms with E-state index >= 15 is 0 Å². The summed E-state index contributed by atoms with van der Waals surface area (Å²) in [6, 6.07) is 9.07. The van der Waals surface area contributed by atoms with Gasteiger partial charge in [0, 0.05) is 16.3 Å². The zero-order valence-electron chi connectivity index (χ0n) is 10.9. The van der Waals surface area contributed by atoms with Gasteiger partial charge in [-0.05, 0) is 36.5 Å². The molecule has 2 nitrogen and oxygen atoms in total. The molecule has 2 atom stereocenters. The number of fused-ring (bicyclic) bond motifs is 1. The van der Waals surface area contributed by atoms with Gasteiger partial charge in [0.2, 0.25) is 0 Å². The maximum atomic E-state index is 4.73. The summed E-state index contributed by atoms with van der Waals surface area (Å²) >= 11 is 5.40. The van der Waals surface area contributed by atoms with E-state index in [1.54, 1.807) is 0 Å². The normalized spacial score (nSPS) is 28.8. The Labute approximate surface area is 127 Å². The molecule has 2 fully saturated rings. The summed E-state index contributed by atoms with van der Waals surface area (Å²) in [7, 11) is 0. The van der Waals surface area contributed by atoms with E-state index in [-0.39, 0.29) is 0 Å². The van der Waals surface area contributed by atoms with Crippen molar-refractivity contribution >= 4 is 32.9 Å². The Morgan fingerprint density at radius 2 is 2.21 bits per heavy atom. The van der Waals surface area contributed by atoms with Crippen LogP contribution in [0.5, 0.6) is 0 Å². The molecule has 102 valence electrons. The molecule has 1 heterocycles. The van der Waals surface area contributed by atoms with Gasteiger partial charge in [0.15, 0.2) is 5.17 Å². The lowest BCUT2D eigenvalue weighted by Gasteiger charge is -2.36. The molecular formula is C15H19BrN2S. The number of benzene rings is 1. The third-order valence-electron chi connectivity index (χ3n) is 3.95. The molecule has 1 N–H and O–H groups in total. The van der Waals surface area contributed by atoms with Crippen LogP contribution < -0.4 is 5.32 Å². The molecule has 1 aliphatic heterocycles. The van der Waals surface area contributed by atoms with Gasteiger partial charge in [-0.2, -0.15) is 0 Å². The van der Waals surface area contributed by atoms with Crippen LogP contribution in [0.3, 0.4) is 0 Å². The second-order valence-electron chi connectivity index (χ2n) is 5.36. The van der Waals surface area contributed by atoms with Crippen molar-refractivity contribution in [3.05, 3.63) is 34.3 Å². The maximum Gasteiger partial charge on any atom is 0.157 e.